The van der Waals surface area contributed by atoms with Gasteiger partial charge in [0.2, 0.25) is 0 Å². The third kappa shape index (κ3) is 6.92. The van der Waals surface area contributed by atoms with E-state index in [-0.39, 0.29) is 51.9 Å². The van der Waals surface area contributed by atoms with Gasteiger partial charge in [-0.3, -0.25) is 10.3 Å². The van der Waals surface area contributed by atoms with E-state index in [1.807, 2.05) is 4.90 Å². The quantitative estimate of drug-likeness (QED) is 0.237. The number of nitrogens with zero attached hydrogens (tertiary/aromatic N) is 4. The smallest absolute Gasteiger partial charge is 0.319 e. The molecule has 2 aromatic carbocycles. The zero-order valence-electron chi connectivity index (χ0n) is 30.7. The Balaban J connectivity index is 0.00000107. The van der Waals surface area contributed by atoms with Crippen molar-refractivity contribution in [1.29, 1.82) is 5.41 Å². The van der Waals surface area contributed by atoms with Crippen molar-refractivity contribution in [2.45, 2.75) is 84.8 Å². The molecule has 10 heteroatoms. The Morgan fingerprint density at radius 3 is 2.55 bits per heavy atom. The second-order valence-corrected chi connectivity index (χ2v) is 15.7. The van der Waals surface area contributed by atoms with Crippen LogP contribution in [0.4, 0.5) is 14.6 Å². The molecule has 3 fully saturated rings. The molecule has 0 radical (unpaired) electrons. The molecule has 272 valence electrons. The molecule has 3 unspecified atom stereocenters. The number of aliphatic hydroxyl groups is 1. The lowest BCUT2D eigenvalue weighted by atomic mass is 9.81. The van der Waals surface area contributed by atoms with Crippen molar-refractivity contribution in [3.05, 3.63) is 65.1 Å². The molecule has 4 heterocycles. The van der Waals surface area contributed by atoms with Crippen molar-refractivity contribution in [1.82, 2.24) is 14.9 Å². The number of anilines is 1. The van der Waals surface area contributed by atoms with Gasteiger partial charge in [-0.1, -0.05) is 52.5 Å². The van der Waals surface area contributed by atoms with Gasteiger partial charge in [-0.2, -0.15) is 9.97 Å². The number of rotatable bonds is 6. The third-order valence-corrected chi connectivity index (χ3v) is 10.4. The van der Waals surface area contributed by atoms with Gasteiger partial charge in [0.25, 0.3) is 0 Å². The van der Waals surface area contributed by atoms with Gasteiger partial charge in [-0.25, -0.2) is 8.78 Å². The highest BCUT2D eigenvalue weighted by Crippen LogP contribution is 2.48. The van der Waals surface area contributed by atoms with Gasteiger partial charge in [-0.15, -0.1) is 0 Å². The highest BCUT2D eigenvalue weighted by atomic mass is 19.1. The molecule has 51 heavy (non-hydrogen) atoms. The predicted molar refractivity (Wildman–Crippen MR) is 202 cm³/mol. The molecule has 3 aliphatic heterocycles. The molecule has 8 nitrogen and oxygen atoms in total. The minimum absolute atomic E-state index is 0.0294. The molecule has 3 aromatic rings. The first kappa shape index (κ1) is 36.6. The van der Waals surface area contributed by atoms with E-state index in [0.717, 1.165) is 38.3 Å². The minimum Gasteiger partial charge on any atom is -0.508 e. The molecule has 0 spiro atoms. The minimum atomic E-state index is -0.982. The number of piperidine rings is 1. The molecular weight excluding hydrogens is 648 g/mol. The lowest BCUT2D eigenvalue weighted by Crippen LogP contribution is -2.47. The van der Waals surface area contributed by atoms with Crippen molar-refractivity contribution >= 4 is 45.4 Å². The van der Waals surface area contributed by atoms with E-state index in [0.29, 0.717) is 59.6 Å². The summed E-state index contributed by atoms with van der Waals surface area (Å²) in [6, 6.07) is 5.65. The number of fused-ring (bicyclic) bond motifs is 3. The third-order valence-electron chi connectivity index (χ3n) is 10.4. The van der Waals surface area contributed by atoms with Crippen LogP contribution in [0.3, 0.4) is 0 Å². The second-order valence-electron chi connectivity index (χ2n) is 15.7. The molecule has 3 saturated heterocycles. The van der Waals surface area contributed by atoms with Gasteiger partial charge in [0.1, 0.15) is 29.7 Å². The van der Waals surface area contributed by atoms with E-state index in [2.05, 4.69) is 44.2 Å². The van der Waals surface area contributed by atoms with Gasteiger partial charge < -0.3 is 19.8 Å². The molecule has 4 aliphatic rings. The Labute approximate surface area is 300 Å². The molecule has 7 rings (SSSR count). The number of hydrogen-bond donors (Lipinski definition) is 3. The lowest BCUT2D eigenvalue weighted by Gasteiger charge is -2.39. The molecule has 0 bridgehead atoms. The number of halogens is 2. The summed E-state index contributed by atoms with van der Waals surface area (Å²) < 4.78 is 38.7. The first-order chi connectivity index (χ1) is 24.2. The summed E-state index contributed by atoms with van der Waals surface area (Å²) in [6.07, 6.45) is 7.51. The maximum atomic E-state index is 17.3. The zero-order chi connectivity index (χ0) is 36.8. The number of aromatic nitrogens is 2. The van der Waals surface area contributed by atoms with Crippen LogP contribution in [0.25, 0.3) is 33.8 Å². The number of ether oxygens (including phenoxy) is 1. The number of allylic oxidation sites excluding steroid dienone is 3. The Kier molecular flexibility index (Phi) is 10.1. The highest BCUT2D eigenvalue weighted by Gasteiger charge is 2.48. The van der Waals surface area contributed by atoms with Gasteiger partial charge in [-0.05, 0) is 93.5 Å². The largest absolute Gasteiger partial charge is 0.508 e. The first-order valence-electron chi connectivity index (χ1n) is 18.2. The Morgan fingerprint density at radius 2 is 1.86 bits per heavy atom. The number of β-amino-alcohol motifs (C(OH)–C–C–N with tert-alkyl or cyclic N) is 1. The SMILES string of the molecule is C=Cc1c(F)ccc2cc(O)cc(C3=C(F)c4nc(OCC56CCCN5CC(C)C6)nc(N5CCCC(C)(O)C5)c4/C(=C/C)C3=N)c12.CC(C)C. The van der Waals surface area contributed by atoms with Crippen molar-refractivity contribution in [2.24, 2.45) is 11.8 Å². The maximum Gasteiger partial charge on any atom is 0.319 e. The highest BCUT2D eigenvalue weighted by molar-refractivity contribution is 6.50. The summed E-state index contributed by atoms with van der Waals surface area (Å²) in [6.45, 7) is 19.3. The van der Waals surface area contributed by atoms with Crippen LogP contribution in [0.5, 0.6) is 11.8 Å². The lowest BCUT2D eigenvalue weighted by molar-refractivity contribution is 0.0446. The number of hydrogen-bond acceptors (Lipinski definition) is 8. The summed E-state index contributed by atoms with van der Waals surface area (Å²) in [5.41, 5.74) is -0.362. The Hall–Kier alpha value is -4.15. The molecule has 1 aliphatic carbocycles. The van der Waals surface area contributed by atoms with Crippen LogP contribution in [-0.4, -0.2) is 74.7 Å². The predicted octanol–water partition coefficient (Wildman–Crippen LogP) is 8.66. The number of aromatic hydroxyl groups is 1. The fourth-order valence-corrected chi connectivity index (χ4v) is 8.43. The van der Waals surface area contributed by atoms with E-state index >= 15 is 8.78 Å². The van der Waals surface area contributed by atoms with E-state index in [4.69, 9.17) is 9.72 Å². The van der Waals surface area contributed by atoms with Gasteiger partial charge in [0.15, 0.2) is 5.83 Å². The van der Waals surface area contributed by atoms with E-state index in [1.165, 1.54) is 30.3 Å². The average molecular weight is 700 g/mol. The van der Waals surface area contributed by atoms with Crippen LogP contribution in [-0.2, 0) is 0 Å². The van der Waals surface area contributed by atoms with Crippen LogP contribution in [0.1, 0.15) is 96.0 Å². The molecular formula is C41H51F2N5O3. The second kappa shape index (κ2) is 14.1. The molecule has 1 aromatic heterocycles. The van der Waals surface area contributed by atoms with Gasteiger partial charge >= 0.3 is 6.01 Å². The summed E-state index contributed by atoms with van der Waals surface area (Å²) in [4.78, 5) is 14.0. The maximum absolute atomic E-state index is 17.3. The normalized spacial score (nSPS) is 25.7. The van der Waals surface area contributed by atoms with Crippen LogP contribution >= 0.6 is 0 Å². The monoisotopic (exact) mass is 699 g/mol. The molecule has 3 atom stereocenters. The fourth-order valence-electron chi connectivity index (χ4n) is 8.43. The molecule has 0 amide bonds. The van der Waals surface area contributed by atoms with E-state index in [1.54, 1.807) is 19.9 Å². The Morgan fingerprint density at radius 1 is 1.14 bits per heavy atom. The number of nitrogens with one attached hydrogen (secondary N) is 1. The molecule has 0 saturated carbocycles. The fraction of sp³-hybridized carbons (Fsp3) is 0.488. The van der Waals surface area contributed by atoms with Crippen LogP contribution in [0.2, 0.25) is 0 Å². The van der Waals surface area contributed by atoms with Crippen molar-refractivity contribution in [3.63, 3.8) is 0 Å². The summed E-state index contributed by atoms with van der Waals surface area (Å²) in [5, 5.41) is 31.9. The van der Waals surface area contributed by atoms with Crippen molar-refractivity contribution < 1.29 is 23.7 Å². The summed E-state index contributed by atoms with van der Waals surface area (Å²) in [5.74, 6) is 0.283. The van der Waals surface area contributed by atoms with Crippen molar-refractivity contribution in [3.8, 4) is 11.8 Å². The van der Waals surface area contributed by atoms with Crippen LogP contribution in [0.15, 0.2) is 36.9 Å². The van der Waals surface area contributed by atoms with Crippen molar-refractivity contribution in [2.75, 3.05) is 37.7 Å². The number of phenols is 1. The number of phenolic OH excluding ortho intramolecular Hbond substituents is 1. The van der Waals surface area contributed by atoms with Gasteiger partial charge in [0, 0.05) is 41.7 Å². The average Bonchev–Trinajstić information content (AvgIpc) is 3.59. The Bertz CT molecular complexity index is 1930. The van der Waals surface area contributed by atoms with E-state index in [9.17, 15) is 15.6 Å². The van der Waals surface area contributed by atoms with E-state index < -0.39 is 17.2 Å². The zero-order valence-corrected chi connectivity index (χ0v) is 30.7. The topological polar surface area (TPSA) is 106 Å². The molecule has 3 N–H and O–H groups in total. The standard InChI is InChI=1S/C37H41F2N5O3.C4H10/c1-5-24-27(38)10-9-22-15-23(45)16-26(28(22)24)29-31(39)33-30(25(6-2)32(29)40)34(43-13-7-11-36(4,46)19-43)42-35(41-33)47-20-37-12-8-14-44(37)18-21(3)17-37;1-4(2)3/h5-6,9-10,15-16,21,40,45-46H,1,7-8,11-14,17-20H2,2-4H3;4H,1-3H3/b25-6-,40-32?;. The number of benzene rings is 2. The van der Waals surface area contributed by atoms with Crippen LogP contribution in [0, 0.1) is 23.1 Å². The summed E-state index contributed by atoms with van der Waals surface area (Å²) in [7, 11) is 0. The first-order valence-corrected chi connectivity index (χ1v) is 18.2. The van der Waals surface area contributed by atoms with Gasteiger partial charge in [0.05, 0.1) is 22.4 Å². The summed E-state index contributed by atoms with van der Waals surface area (Å²) >= 11 is 0. The van der Waals surface area contributed by atoms with Crippen LogP contribution < -0.4 is 9.64 Å².